The summed E-state index contributed by atoms with van der Waals surface area (Å²) in [5, 5.41) is 3.24. The van der Waals surface area contributed by atoms with Crippen molar-refractivity contribution < 1.29 is 23.8 Å². The molecule has 3 rings (SSSR count). The second-order valence-corrected chi connectivity index (χ2v) is 5.69. The normalized spacial score (nSPS) is 30.4. The van der Waals surface area contributed by atoms with Gasteiger partial charge in [0, 0.05) is 6.04 Å². The number of ether oxygens (including phenoxy) is 3. The number of benzene rings is 1. The van der Waals surface area contributed by atoms with Crippen LogP contribution in [0, 0.1) is 5.41 Å². The third-order valence-electron chi connectivity index (χ3n) is 4.61. The van der Waals surface area contributed by atoms with Crippen LogP contribution in [0.3, 0.4) is 0 Å². The van der Waals surface area contributed by atoms with Crippen LogP contribution in [0.25, 0.3) is 0 Å². The van der Waals surface area contributed by atoms with Crippen LogP contribution in [0.15, 0.2) is 24.3 Å². The Bertz CT molecular complexity index is 585. The number of carbonyl (C=O) groups excluding carboxylic acids is 2. The average Bonchev–Trinajstić information content (AvgIpc) is 3.12. The molecular formula is C16H19NO5. The smallest absolute Gasteiger partial charge is 0.322 e. The number of esters is 2. The molecule has 2 aliphatic heterocycles. The van der Waals surface area contributed by atoms with Crippen LogP contribution >= 0.6 is 0 Å². The summed E-state index contributed by atoms with van der Waals surface area (Å²) in [4.78, 5) is 24.2. The number of nitrogens with one attached hydrogen (secondary N) is 1. The molecule has 2 heterocycles. The molecule has 22 heavy (non-hydrogen) atoms. The Morgan fingerprint density at radius 1 is 1.32 bits per heavy atom. The van der Waals surface area contributed by atoms with E-state index in [9.17, 15) is 9.59 Å². The van der Waals surface area contributed by atoms with Crippen LogP contribution in [0.2, 0.25) is 0 Å². The van der Waals surface area contributed by atoms with Crippen molar-refractivity contribution in [3.63, 3.8) is 0 Å². The lowest BCUT2D eigenvalue weighted by Gasteiger charge is -2.26. The van der Waals surface area contributed by atoms with E-state index >= 15 is 0 Å². The summed E-state index contributed by atoms with van der Waals surface area (Å²) >= 11 is 0. The van der Waals surface area contributed by atoms with Crippen molar-refractivity contribution in [2.45, 2.75) is 24.9 Å². The molecule has 6 nitrogen and oxygen atoms in total. The first kappa shape index (κ1) is 14.8. The average molecular weight is 305 g/mol. The van der Waals surface area contributed by atoms with Gasteiger partial charge in [0.25, 0.3) is 0 Å². The van der Waals surface area contributed by atoms with Crippen molar-refractivity contribution in [3.05, 3.63) is 29.8 Å². The summed E-state index contributed by atoms with van der Waals surface area (Å²) in [6.07, 6.45) is 0.998. The van der Waals surface area contributed by atoms with Crippen molar-refractivity contribution in [1.82, 2.24) is 5.32 Å². The number of cyclic esters (lactones) is 1. The Morgan fingerprint density at radius 3 is 2.59 bits per heavy atom. The van der Waals surface area contributed by atoms with Crippen molar-refractivity contribution in [2.24, 2.45) is 5.41 Å². The lowest BCUT2D eigenvalue weighted by atomic mass is 9.75. The molecule has 3 atom stereocenters. The molecule has 0 aromatic heterocycles. The molecule has 1 aromatic rings. The maximum absolute atomic E-state index is 12.3. The topological polar surface area (TPSA) is 73.9 Å². The molecule has 2 aliphatic rings. The molecule has 6 heteroatoms. The van der Waals surface area contributed by atoms with Gasteiger partial charge in [0.2, 0.25) is 0 Å². The zero-order valence-corrected chi connectivity index (χ0v) is 12.6. The number of methoxy groups -OCH3 is 2. The Morgan fingerprint density at radius 2 is 2.05 bits per heavy atom. The van der Waals surface area contributed by atoms with Gasteiger partial charge in [-0.3, -0.25) is 14.9 Å². The van der Waals surface area contributed by atoms with Gasteiger partial charge in [-0.05, 0) is 30.5 Å². The van der Waals surface area contributed by atoms with Gasteiger partial charge < -0.3 is 14.2 Å². The minimum Gasteiger partial charge on any atom is -0.497 e. The summed E-state index contributed by atoms with van der Waals surface area (Å²) in [5.41, 5.74) is 0.235. The fraction of sp³-hybridized carbons (Fsp3) is 0.500. The highest BCUT2D eigenvalue weighted by Crippen LogP contribution is 2.50. The summed E-state index contributed by atoms with van der Waals surface area (Å²) in [5.74, 6) is 0.150. The molecule has 2 saturated heterocycles. The summed E-state index contributed by atoms with van der Waals surface area (Å²) in [7, 11) is 2.95. The van der Waals surface area contributed by atoms with E-state index in [0.717, 1.165) is 11.3 Å². The lowest BCUT2D eigenvalue weighted by Crippen LogP contribution is -2.34. The van der Waals surface area contributed by atoms with Crippen LogP contribution in [-0.4, -0.2) is 38.8 Å². The zero-order valence-electron chi connectivity index (χ0n) is 12.6. The first-order chi connectivity index (χ1) is 10.6. The van der Waals surface area contributed by atoms with Crippen LogP contribution in [0.5, 0.6) is 5.75 Å². The van der Waals surface area contributed by atoms with Gasteiger partial charge in [-0.15, -0.1) is 0 Å². The van der Waals surface area contributed by atoms with Gasteiger partial charge in [0.15, 0.2) is 0 Å². The van der Waals surface area contributed by atoms with E-state index in [1.165, 1.54) is 7.11 Å². The highest BCUT2D eigenvalue weighted by atomic mass is 16.5. The number of hydrogen-bond acceptors (Lipinski definition) is 6. The molecule has 1 N–H and O–H groups in total. The predicted molar refractivity (Wildman–Crippen MR) is 77.3 cm³/mol. The lowest BCUT2D eigenvalue weighted by molar-refractivity contribution is -0.147. The van der Waals surface area contributed by atoms with E-state index in [2.05, 4.69) is 5.32 Å². The minimum atomic E-state index is -0.701. The highest BCUT2D eigenvalue weighted by molar-refractivity contribution is 5.84. The first-order valence-electron chi connectivity index (χ1n) is 7.26. The van der Waals surface area contributed by atoms with Gasteiger partial charge in [-0.1, -0.05) is 12.1 Å². The van der Waals surface area contributed by atoms with Gasteiger partial charge in [0.1, 0.15) is 11.8 Å². The second kappa shape index (κ2) is 5.61. The highest BCUT2D eigenvalue weighted by Gasteiger charge is 2.58. The summed E-state index contributed by atoms with van der Waals surface area (Å²) in [6, 6.07) is 6.74. The Balaban J connectivity index is 1.95. The number of carbonyl (C=O) groups is 2. The van der Waals surface area contributed by atoms with Gasteiger partial charge >= 0.3 is 11.9 Å². The largest absolute Gasteiger partial charge is 0.497 e. The van der Waals surface area contributed by atoms with E-state index in [-0.39, 0.29) is 18.0 Å². The standard InChI is InChI=1S/C16H19NO5/c1-20-11-5-3-10(4-6-11)13-16(7-8-22-15(16)19)9-12(17-13)14(18)21-2/h3-6,12-13,17H,7-9H2,1-2H3/t12-,13-,16+/m1/s1. The molecule has 0 unspecified atom stereocenters. The van der Waals surface area contributed by atoms with E-state index in [1.54, 1.807) is 7.11 Å². The molecule has 1 spiro atoms. The van der Waals surface area contributed by atoms with E-state index in [0.29, 0.717) is 19.4 Å². The second-order valence-electron chi connectivity index (χ2n) is 5.69. The zero-order chi connectivity index (χ0) is 15.7. The van der Waals surface area contributed by atoms with Gasteiger partial charge in [-0.2, -0.15) is 0 Å². The molecule has 0 amide bonds. The molecule has 0 bridgehead atoms. The Hall–Kier alpha value is -2.08. The van der Waals surface area contributed by atoms with E-state index in [4.69, 9.17) is 14.2 Å². The molecule has 0 radical (unpaired) electrons. The molecule has 0 aliphatic carbocycles. The maximum atomic E-state index is 12.3. The number of hydrogen-bond donors (Lipinski definition) is 1. The number of rotatable bonds is 3. The Labute approximate surface area is 128 Å². The van der Waals surface area contributed by atoms with Crippen molar-refractivity contribution in [2.75, 3.05) is 20.8 Å². The van der Waals surface area contributed by atoms with Crippen LogP contribution in [0.1, 0.15) is 24.4 Å². The third-order valence-corrected chi connectivity index (χ3v) is 4.61. The maximum Gasteiger partial charge on any atom is 0.322 e. The van der Waals surface area contributed by atoms with Crippen LogP contribution in [0.4, 0.5) is 0 Å². The van der Waals surface area contributed by atoms with E-state index in [1.807, 2.05) is 24.3 Å². The fourth-order valence-electron chi connectivity index (χ4n) is 3.43. The van der Waals surface area contributed by atoms with Crippen molar-refractivity contribution >= 4 is 11.9 Å². The van der Waals surface area contributed by atoms with E-state index < -0.39 is 11.5 Å². The Kier molecular flexibility index (Phi) is 3.78. The molecule has 1 aromatic carbocycles. The van der Waals surface area contributed by atoms with Gasteiger partial charge in [0.05, 0.1) is 26.2 Å². The van der Waals surface area contributed by atoms with Crippen molar-refractivity contribution in [1.29, 1.82) is 0 Å². The van der Waals surface area contributed by atoms with Crippen LogP contribution in [-0.2, 0) is 19.1 Å². The molecule has 118 valence electrons. The molecule has 2 fully saturated rings. The van der Waals surface area contributed by atoms with Crippen LogP contribution < -0.4 is 10.1 Å². The summed E-state index contributed by atoms with van der Waals surface area (Å²) in [6.45, 7) is 0.390. The van der Waals surface area contributed by atoms with Crippen molar-refractivity contribution in [3.8, 4) is 5.75 Å². The van der Waals surface area contributed by atoms with Gasteiger partial charge in [-0.25, -0.2) is 0 Å². The molecule has 0 saturated carbocycles. The SMILES string of the molecule is COC(=O)[C@H]1C[C@@]2(CCOC2=O)[C@@H](c2ccc(OC)cc2)N1. The first-order valence-corrected chi connectivity index (χ1v) is 7.26. The third kappa shape index (κ3) is 2.23. The summed E-state index contributed by atoms with van der Waals surface area (Å²) < 4.78 is 15.2. The predicted octanol–water partition coefficient (Wildman–Crippen LogP) is 1.20. The quantitative estimate of drug-likeness (QED) is 0.846. The minimum absolute atomic E-state index is 0.243. The molecular weight excluding hydrogens is 286 g/mol. The monoisotopic (exact) mass is 305 g/mol. The fourth-order valence-corrected chi connectivity index (χ4v) is 3.43.